The Balaban J connectivity index is 2.01. The van der Waals surface area contributed by atoms with E-state index in [1.807, 2.05) is 44.2 Å². The summed E-state index contributed by atoms with van der Waals surface area (Å²) in [5.74, 6) is -1.14. The van der Waals surface area contributed by atoms with E-state index in [0.717, 1.165) is 11.3 Å². The van der Waals surface area contributed by atoms with Gasteiger partial charge in [-0.05, 0) is 37.0 Å². The maximum Gasteiger partial charge on any atom is 0.149 e. The van der Waals surface area contributed by atoms with Gasteiger partial charge in [-0.15, -0.1) is 0 Å². The largest absolute Gasteiger partial charge is 0.392 e. The normalized spacial score (nSPS) is 22.7. The van der Waals surface area contributed by atoms with Gasteiger partial charge in [-0.3, -0.25) is 13.8 Å². The maximum absolute atomic E-state index is 12.8. The average molecular weight is 438 g/mol. The van der Waals surface area contributed by atoms with Crippen LogP contribution in [0.3, 0.4) is 0 Å². The minimum Gasteiger partial charge on any atom is -0.392 e. The number of carbonyl (C=O) groups is 2. The predicted molar refractivity (Wildman–Crippen MR) is 116 cm³/mol. The highest BCUT2D eigenvalue weighted by Crippen LogP contribution is 2.30. The van der Waals surface area contributed by atoms with Crippen molar-refractivity contribution in [2.24, 2.45) is 17.0 Å². The molecule has 1 aliphatic rings. The average Bonchev–Trinajstić information content (AvgIpc) is 2.70. The van der Waals surface area contributed by atoms with E-state index < -0.39 is 16.7 Å². The summed E-state index contributed by atoms with van der Waals surface area (Å²) in [6.07, 6.45) is 4.06. The molecule has 7 heteroatoms. The van der Waals surface area contributed by atoms with Gasteiger partial charge in [0, 0.05) is 28.5 Å². The summed E-state index contributed by atoms with van der Waals surface area (Å²) in [6.45, 7) is 4.07. The molecular formula is C22H28ClNO4S. The topological polar surface area (TPSA) is 72.8 Å². The van der Waals surface area contributed by atoms with Crippen molar-refractivity contribution in [3.8, 4) is 0 Å². The van der Waals surface area contributed by atoms with Crippen LogP contribution in [0, 0.1) is 11.8 Å². The Hall–Kier alpha value is -1.79. The van der Waals surface area contributed by atoms with Crippen LogP contribution in [0.5, 0.6) is 0 Å². The van der Waals surface area contributed by atoms with Crippen LogP contribution in [-0.2, 0) is 25.2 Å². The summed E-state index contributed by atoms with van der Waals surface area (Å²) >= 11 is 5.45. The van der Waals surface area contributed by atoms with Crippen LogP contribution in [0.25, 0.3) is 0 Å². The molecular weight excluding hydrogens is 410 g/mol. The summed E-state index contributed by atoms with van der Waals surface area (Å²) in [4.78, 5) is 31.5. The Morgan fingerprint density at radius 2 is 1.93 bits per heavy atom. The number of benzene rings is 1. The molecule has 1 aliphatic carbocycles. The molecule has 0 N–H and O–H groups in total. The van der Waals surface area contributed by atoms with Crippen LogP contribution < -0.4 is 0 Å². The van der Waals surface area contributed by atoms with Crippen LogP contribution in [0.1, 0.15) is 46.0 Å². The number of rotatable bonds is 10. The lowest BCUT2D eigenvalue weighted by atomic mass is 9.75. The first-order valence-electron chi connectivity index (χ1n) is 9.92. The zero-order chi connectivity index (χ0) is 21.2. The van der Waals surface area contributed by atoms with Gasteiger partial charge in [0.25, 0.3) is 0 Å². The summed E-state index contributed by atoms with van der Waals surface area (Å²) in [6, 6.07) is 9.28. The van der Waals surface area contributed by atoms with Crippen molar-refractivity contribution in [3.63, 3.8) is 0 Å². The molecule has 0 aliphatic heterocycles. The molecule has 29 heavy (non-hydrogen) atoms. The molecule has 2 unspecified atom stereocenters. The molecule has 2 rings (SSSR count). The van der Waals surface area contributed by atoms with Gasteiger partial charge in [0.1, 0.15) is 24.1 Å². The number of hydrogen-bond donors (Lipinski definition) is 0. The Labute approximate surface area is 180 Å². The molecule has 5 nitrogen and oxygen atoms in total. The molecule has 1 aromatic carbocycles. The monoisotopic (exact) mass is 437 g/mol. The number of halogens is 1. The van der Waals surface area contributed by atoms with Gasteiger partial charge in [0.15, 0.2) is 0 Å². The number of Topliss-reactive ketones (excluding diaryl/α,β-unsaturated/α-hetero) is 2. The fourth-order valence-corrected chi connectivity index (χ4v) is 5.05. The van der Waals surface area contributed by atoms with E-state index in [-0.39, 0.29) is 29.3 Å². The second kappa shape index (κ2) is 12.0. The van der Waals surface area contributed by atoms with Gasteiger partial charge >= 0.3 is 0 Å². The van der Waals surface area contributed by atoms with Gasteiger partial charge in [0.05, 0.1) is 16.5 Å². The van der Waals surface area contributed by atoms with Crippen molar-refractivity contribution in [2.75, 3.05) is 6.61 Å². The molecule has 0 bridgehead atoms. The van der Waals surface area contributed by atoms with Crippen LogP contribution in [0.2, 0.25) is 0 Å². The van der Waals surface area contributed by atoms with Crippen molar-refractivity contribution in [1.82, 2.24) is 0 Å². The molecule has 0 saturated heterocycles. The maximum atomic E-state index is 12.8. The van der Waals surface area contributed by atoms with Crippen LogP contribution in [0.15, 0.2) is 52.0 Å². The van der Waals surface area contributed by atoms with Gasteiger partial charge in [-0.2, -0.15) is 0 Å². The third kappa shape index (κ3) is 6.89. The minimum absolute atomic E-state index is 0.0862. The van der Waals surface area contributed by atoms with E-state index in [1.54, 1.807) is 6.08 Å². The highest BCUT2D eigenvalue weighted by molar-refractivity contribution is 7.85. The number of ketones is 2. The zero-order valence-corrected chi connectivity index (χ0v) is 18.5. The Morgan fingerprint density at radius 1 is 1.28 bits per heavy atom. The lowest BCUT2D eigenvalue weighted by Gasteiger charge is -2.28. The SMILES string of the molecule is CCCC(=NOCC=CCl)C1C(=O)CC(CC(C)S(=O)c2ccccc2)CC1=O. The number of carbonyl (C=O) groups excluding carboxylic acids is 2. The first-order valence-corrected chi connectivity index (χ1v) is 11.6. The van der Waals surface area contributed by atoms with Gasteiger partial charge in [0.2, 0.25) is 0 Å². The zero-order valence-electron chi connectivity index (χ0n) is 16.9. The van der Waals surface area contributed by atoms with Gasteiger partial charge in [-0.1, -0.05) is 55.2 Å². The van der Waals surface area contributed by atoms with Gasteiger partial charge < -0.3 is 4.84 Å². The molecule has 2 atom stereocenters. The van der Waals surface area contributed by atoms with Crippen LogP contribution in [0.4, 0.5) is 0 Å². The molecule has 0 aromatic heterocycles. The standard InChI is InChI=1S/C22H28ClNO4S/c1-3-8-19(24-28-12-7-11-23)22-20(25)14-17(15-21(22)26)13-16(2)29(27)18-9-5-4-6-10-18/h4-7,9-11,16-17,22H,3,8,12-15H2,1-2H3. The fraction of sp³-hybridized carbons (Fsp3) is 0.500. The van der Waals surface area contributed by atoms with Crippen LogP contribution >= 0.6 is 11.6 Å². The minimum atomic E-state index is -1.16. The lowest BCUT2D eigenvalue weighted by molar-refractivity contribution is -0.134. The second-order valence-electron chi connectivity index (χ2n) is 7.29. The number of oxime groups is 1. The quantitative estimate of drug-likeness (QED) is 0.231. The third-order valence-electron chi connectivity index (χ3n) is 4.91. The third-order valence-corrected chi connectivity index (χ3v) is 6.75. The van der Waals surface area contributed by atoms with Gasteiger partial charge in [-0.25, -0.2) is 0 Å². The summed E-state index contributed by atoms with van der Waals surface area (Å²) in [7, 11) is -1.16. The highest BCUT2D eigenvalue weighted by Gasteiger charge is 2.39. The van der Waals surface area contributed by atoms with Crippen molar-refractivity contribution < 1.29 is 18.6 Å². The van der Waals surface area contributed by atoms with E-state index in [9.17, 15) is 13.8 Å². The van der Waals surface area contributed by atoms with Crippen molar-refractivity contribution in [1.29, 1.82) is 0 Å². The van der Waals surface area contributed by atoms with E-state index in [2.05, 4.69) is 5.16 Å². The number of hydrogen-bond acceptors (Lipinski definition) is 5. The highest BCUT2D eigenvalue weighted by atomic mass is 35.5. The molecule has 0 spiro atoms. The summed E-state index contributed by atoms with van der Waals surface area (Å²) < 4.78 is 12.7. The van der Waals surface area contributed by atoms with Crippen LogP contribution in [-0.4, -0.2) is 33.3 Å². The molecule has 0 amide bonds. The van der Waals surface area contributed by atoms with E-state index in [4.69, 9.17) is 16.4 Å². The predicted octanol–water partition coefficient (Wildman–Crippen LogP) is 4.66. The fourth-order valence-electron chi connectivity index (χ4n) is 3.64. The Bertz CT molecular complexity index is 760. The smallest absolute Gasteiger partial charge is 0.149 e. The molecule has 158 valence electrons. The lowest BCUT2D eigenvalue weighted by Crippen LogP contribution is -2.39. The van der Waals surface area contributed by atoms with E-state index in [1.165, 1.54) is 5.54 Å². The first kappa shape index (κ1) is 23.5. The van der Waals surface area contributed by atoms with Crippen molar-refractivity contribution in [2.45, 2.75) is 56.1 Å². The first-order chi connectivity index (χ1) is 14.0. The number of nitrogens with zero attached hydrogens (tertiary/aromatic N) is 1. The summed E-state index contributed by atoms with van der Waals surface area (Å²) in [5.41, 5.74) is 1.82. The molecule has 1 fully saturated rings. The van der Waals surface area contributed by atoms with E-state index in [0.29, 0.717) is 31.4 Å². The molecule has 0 radical (unpaired) electrons. The molecule has 1 aromatic rings. The second-order valence-corrected chi connectivity index (χ2v) is 9.41. The van der Waals surface area contributed by atoms with Crippen molar-refractivity contribution >= 4 is 39.7 Å². The Kier molecular flexibility index (Phi) is 9.74. The Morgan fingerprint density at radius 3 is 2.52 bits per heavy atom. The molecule has 0 heterocycles. The molecule has 1 saturated carbocycles. The van der Waals surface area contributed by atoms with E-state index >= 15 is 0 Å². The van der Waals surface area contributed by atoms with Crippen molar-refractivity contribution in [3.05, 3.63) is 41.9 Å². The summed E-state index contributed by atoms with van der Waals surface area (Å²) in [5, 5.41) is 3.92.